The van der Waals surface area contributed by atoms with Gasteiger partial charge in [0.1, 0.15) is 10.6 Å². The van der Waals surface area contributed by atoms with Crippen molar-refractivity contribution in [2.45, 2.75) is 0 Å². The minimum atomic E-state index is -0.694. The van der Waals surface area contributed by atoms with Crippen molar-refractivity contribution < 1.29 is 19.5 Å². The fourth-order valence-electron chi connectivity index (χ4n) is 2.17. The van der Waals surface area contributed by atoms with E-state index in [2.05, 4.69) is 10.3 Å². The van der Waals surface area contributed by atoms with Crippen molar-refractivity contribution in [3.63, 3.8) is 0 Å². The van der Waals surface area contributed by atoms with Crippen LogP contribution in [0.3, 0.4) is 0 Å². The van der Waals surface area contributed by atoms with Crippen LogP contribution in [0.15, 0.2) is 52.2 Å². The number of hydrogen-bond acceptors (Lipinski definition) is 8. The minimum absolute atomic E-state index is 0.0887. The van der Waals surface area contributed by atoms with E-state index in [1.165, 1.54) is 41.2 Å². The molecule has 0 radical (unpaired) electrons. The molecule has 3 rings (SSSR count). The molecule has 2 heterocycles. The van der Waals surface area contributed by atoms with E-state index in [1.54, 1.807) is 6.07 Å². The van der Waals surface area contributed by atoms with Crippen LogP contribution >= 0.6 is 0 Å². The number of furan rings is 1. The van der Waals surface area contributed by atoms with Gasteiger partial charge in [0.05, 0.1) is 22.9 Å². The van der Waals surface area contributed by atoms with Crippen molar-refractivity contribution in [1.82, 2.24) is 9.78 Å². The molecular formula is C14H9N5O6. The van der Waals surface area contributed by atoms with Crippen molar-refractivity contribution in [1.29, 1.82) is 0 Å². The second kappa shape index (κ2) is 6.23. The zero-order chi connectivity index (χ0) is 18.0. The van der Waals surface area contributed by atoms with Crippen LogP contribution in [0.2, 0.25) is 0 Å². The number of aromatic nitrogens is 2. The normalized spacial score (nSPS) is 11.0. The molecule has 0 spiro atoms. The zero-order valence-corrected chi connectivity index (χ0v) is 12.3. The maximum Gasteiger partial charge on any atom is 0.433 e. The Morgan fingerprint density at radius 3 is 2.64 bits per heavy atom. The lowest BCUT2D eigenvalue weighted by Crippen LogP contribution is -1.96. The molecule has 3 aromatic rings. The van der Waals surface area contributed by atoms with E-state index < -0.39 is 15.7 Å². The molecule has 0 saturated carbocycles. The summed E-state index contributed by atoms with van der Waals surface area (Å²) in [7, 11) is 0. The Labute approximate surface area is 138 Å². The summed E-state index contributed by atoms with van der Waals surface area (Å²) in [4.78, 5) is 20.4. The second-order valence-electron chi connectivity index (χ2n) is 4.79. The number of oxime groups is 1. The molecule has 0 amide bonds. The molecule has 1 aromatic carbocycles. The molecule has 0 atom stereocenters. The van der Waals surface area contributed by atoms with Crippen molar-refractivity contribution in [2.75, 3.05) is 0 Å². The number of nitro groups is 2. The van der Waals surface area contributed by atoms with E-state index in [-0.39, 0.29) is 17.1 Å². The van der Waals surface area contributed by atoms with Crippen LogP contribution in [0.1, 0.15) is 5.56 Å². The largest absolute Gasteiger partial charge is 0.433 e. The topological polar surface area (TPSA) is 150 Å². The molecule has 0 bridgehead atoms. The van der Waals surface area contributed by atoms with E-state index in [4.69, 9.17) is 9.62 Å². The Balaban J connectivity index is 2.09. The van der Waals surface area contributed by atoms with Crippen LogP contribution in [-0.2, 0) is 0 Å². The fourth-order valence-corrected chi connectivity index (χ4v) is 2.17. The molecule has 11 nitrogen and oxygen atoms in total. The number of non-ortho nitro benzene ring substituents is 1. The Hall–Kier alpha value is -4.02. The lowest BCUT2D eigenvalue weighted by molar-refractivity contribution is -0.401. The predicted octanol–water partition coefficient (Wildman–Crippen LogP) is 2.76. The van der Waals surface area contributed by atoms with Crippen LogP contribution in [-0.4, -0.2) is 31.0 Å². The highest BCUT2D eigenvalue weighted by Gasteiger charge is 2.19. The quantitative estimate of drug-likeness (QED) is 0.324. The summed E-state index contributed by atoms with van der Waals surface area (Å²) in [5.41, 5.74) is 0.741. The van der Waals surface area contributed by atoms with Crippen LogP contribution in [0.4, 0.5) is 11.6 Å². The van der Waals surface area contributed by atoms with Crippen LogP contribution in [0, 0.1) is 20.2 Å². The molecule has 0 unspecified atom stereocenters. The molecule has 2 aromatic heterocycles. The fraction of sp³-hybridized carbons (Fsp3) is 0. The van der Waals surface area contributed by atoms with Gasteiger partial charge in [-0.2, -0.15) is 5.10 Å². The highest BCUT2D eigenvalue weighted by molar-refractivity contribution is 5.87. The summed E-state index contributed by atoms with van der Waals surface area (Å²) < 4.78 is 6.42. The first-order valence-electron chi connectivity index (χ1n) is 6.76. The smallest absolute Gasteiger partial charge is 0.411 e. The van der Waals surface area contributed by atoms with Gasteiger partial charge in [0.2, 0.25) is 0 Å². The summed E-state index contributed by atoms with van der Waals surface area (Å²) in [6, 6.07) is 8.25. The Morgan fingerprint density at radius 1 is 1.20 bits per heavy atom. The number of hydrogen-bond donors (Lipinski definition) is 1. The van der Waals surface area contributed by atoms with E-state index in [1.807, 2.05) is 0 Å². The predicted molar refractivity (Wildman–Crippen MR) is 84.0 cm³/mol. The molecular weight excluding hydrogens is 334 g/mol. The summed E-state index contributed by atoms with van der Waals surface area (Å²) in [6.07, 6.45) is 2.52. The standard InChI is InChI=1S/C14H9N5O6/c20-15-7-9-8-17(10-2-1-3-11(6-10)18(21)22)16-14(9)12-4-5-13(25-12)19(23)24/h1-8,20H. The van der Waals surface area contributed by atoms with Gasteiger partial charge in [-0.25, -0.2) is 4.68 Å². The van der Waals surface area contributed by atoms with Crippen molar-refractivity contribution in [2.24, 2.45) is 5.16 Å². The van der Waals surface area contributed by atoms with Gasteiger partial charge >= 0.3 is 5.88 Å². The third-order valence-electron chi connectivity index (χ3n) is 3.25. The van der Waals surface area contributed by atoms with Crippen molar-refractivity contribution in [3.05, 3.63) is 68.4 Å². The molecule has 0 aliphatic carbocycles. The molecule has 0 fully saturated rings. The summed E-state index contributed by atoms with van der Waals surface area (Å²) in [6.45, 7) is 0. The number of rotatable bonds is 5. The minimum Gasteiger partial charge on any atom is -0.411 e. The molecule has 25 heavy (non-hydrogen) atoms. The van der Waals surface area contributed by atoms with E-state index >= 15 is 0 Å². The average Bonchev–Trinajstić information content (AvgIpc) is 3.22. The number of nitrogens with zero attached hydrogens (tertiary/aromatic N) is 5. The third kappa shape index (κ3) is 3.06. The van der Waals surface area contributed by atoms with Gasteiger partial charge in [0.15, 0.2) is 5.76 Å². The maximum atomic E-state index is 10.9. The van der Waals surface area contributed by atoms with Gasteiger partial charge in [-0.1, -0.05) is 11.2 Å². The highest BCUT2D eigenvalue weighted by atomic mass is 16.6. The second-order valence-corrected chi connectivity index (χ2v) is 4.79. The van der Waals surface area contributed by atoms with Gasteiger partial charge in [0.25, 0.3) is 5.69 Å². The van der Waals surface area contributed by atoms with Crippen LogP contribution in [0.25, 0.3) is 17.1 Å². The Kier molecular flexibility index (Phi) is 3.95. The summed E-state index contributed by atoms with van der Waals surface area (Å²) >= 11 is 0. The molecule has 1 N–H and O–H groups in total. The van der Waals surface area contributed by atoms with Crippen LogP contribution in [0.5, 0.6) is 0 Å². The molecule has 0 saturated heterocycles. The molecule has 0 aliphatic heterocycles. The van der Waals surface area contributed by atoms with Gasteiger partial charge in [-0.05, 0) is 12.1 Å². The average molecular weight is 343 g/mol. The third-order valence-corrected chi connectivity index (χ3v) is 3.25. The summed E-state index contributed by atoms with van der Waals surface area (Å²) in [5.74, 6) is -0.377. The van der Waals surface area contributed by atoms with Gasteiger partial charge < -0.3 is 9.62 Å². The lowest BCUT2D eigenvalue weighted by atomic mass is 10.2. The number of benzene rings is 1. The highest BCUT2D eigenvalue weighted by Crippen LogP contribution is 2.28. The molecule has 0 aliphatic rings. The number of nitro benzene ring substituents is 1. The zero-order valence-electron chi connectivity index (χ0n) is 12.3. The first-order chi connectivity index (χ1) is 12.0. The van der Waals surface area contributed by atoms with E-state index in [9.17, 15) is 20.2 Å². The lowest BCUT2D eigenvalue weighted by Gasteiger charge is -2.00. The Morgan fingerprint density at radius 2 is 2.00 bits per heavy atom. The summed E-state index contributed by atoms with van der Waals surface area (Å²) in [5, 5.41) is 37.6. The van der Waals surface area contributed by atoms with Gasteiger partial charge in [-0.3, -0.25) is 20.2 Å². The van der Waals surface area contributed by atoms with Gasteiger partial charge in [-0.15, -0.1) is 0 Å². The first-order valence-corrected chi connectivity index (χ1v) is 6.76. The Bertz CT molecular complexity index is 989. The van der Waals surface area contributed by atoms with E-state index in [0.29, 0.717) is 11.3 Å². The monoisotopic (exact) mass is 343 g/mol. The molecule has 126 valence electrons. The maximum absolute atomic E-state index is 10.9. The van der Waals surface area contributed by atoms with Crippen LogP contribution < -0.4 is 0 Å². The van der Waals surface area contributed by atoms with Gasteiger partial charge in [0, 0.05) is 23.9 Å². The first kappa shape index (κ1) is 15.9. The SMILES string of the molecule is O=[N+]([O-])c1cccc(-n2cc(C=NO)c(-c3ccc([N+](=O)[O-])o3)n2)c1. The van der Waals surface area contributed by atoms with Crippen molar-refractivity contribution >= 4 is 17.8 Å². The molecule has 11 heteroatoms. The van der Waals surface area contributed by atoms with E-state index in [0.717, 1.165) is 6.21 Å². The van der Waals surface area contributed by atoms with Crippen molar-refractivity contribution in [3.8, 4) is 17.1 Å².